The van der Waals surface area contributed by atoms with Crippen molar-refractivity contribution in [3.05, 3.63) is 30.3 Å². The van der Waals surface area contributed by atoms with Gasteiger partial charge in [-0.2, -0.15) is 5.06 Å². The quantitative estimate of drug-likeness (QED) is 0.412. The van der Waals surface area contributed by atoms with Gasteiger partial charge in [-0.3, -0.25) is 0 Å². The van der Waals surface area contributed by atoms with E-state index in [2.05, 4.69) is 0 Å². The molecule has 1 fully saturated rings. The number of hydrogen-bond acceptors (Lipinski definition) is 7. The number of carbonyl (C=O) groups excluding carboxylic acids is 1. The zero-order chi connectivity index (χ0) is 17.1. The lowest BCUT2D eigenvalue weighted by atomic mass is 9.99. The SMILES string of the molecule is NC(=O)N(OC1O[C@H](C(=O)O)[C@@H](O)[C@H](O)[C@H]1O)c1ccccc1. The molecule has 126 valence electrons. The van der Waals surface area contributed by atoms with Gasteiger partial charge in [-0.25, -0.2) is 14.4 Å². The van der Waals surface area contributed by atoms with Crippen LogP contribution in [-0.2, 0) is 14.4 Å². The van der Waals surface area contributed by atoms with Gasteiger partial charge in [0.05, 0.1) is 5.69 Å². The topological polar surface area (TPSA) is 163 Å². The lowest BCUT2D eigenvalue weighted by Crippen LogP contribution is -2.61. The van der Waals surface area contributed by atoms with Gasteiger partial charge in [0, 0.05) is 0 Å². The predicted molar refractivity (Wildman–Crippen MR) is 73.9 cm³/mol. The van der Waals surface area contributed by atoms with Gasteiger partial charge in [-0.05, 0) is 12.1 Å². The Kier molecular flexibility index (Phi) is 5.13. The molecule has 5 atom stereocenters. The molecule has 10 heteroatoms. The molecule has 0 aromatic heterocycles. The van der Waals surface area contributed by atoms with Crippen molar-refractivity contribution in [1.82, 2.24) is 0 Å². The maximum atomic E-state index is 11.5. The smallest absolute Gasteiger partial charge is 0.343 e. The van der Waals surface area contributed by atoms with E-state index in [0.29, 0.717) is 5.06 Å². The molecule has 1 aliphatic heterocycles. The van der Waals surface area contributed by atoms with E-state index in [1.807, 2.05) is 0 Å². The first kappa shape index (κ1) is 17.1. The summed E-state index contributed by atoms with van der Waals surface area (Å²) >= 11 is 0. The van der Waals surface area contributed by atoms with Crippen LogP contribution in [0.5, 0.6) is 0 Å². The molecular weight excluding hydrogens is 312 g/mol. The number of amides is 2. The third-order valence-corrected chi connectivity index (χ3v) is 3.21. The van der Waals surface area contributed by atoms with Crippen molar-refractivity contribution in [2.24, 2.45) is 5.73 Å². The van der Waals surface area contributed by atoms with Crippen molar-refractivity contribution in [3.8, 4) is 0 Å². The van der Waals surface area contributed by atoms with Crippen LogP contribution in [0.3, 0.4) is 0 Å². The molecule has 23 heavy (non-hydrogen) atoms. The number of hydroxylamine groups is 1. The van der Waals surface area contributed by atoms with Crippen molar-refractivity contribution >= 4 is 17.7 Å². The number of carboxylic acids is 1. The number of aliphatic hydroxyl groups excluding tert-OH is 3. The average molecular weight is 328 g/mol. The number of anilines is 1. The Hall–Kier alpha value is -2.24. The van der Waals surface area contributed by atoms with E-state index in [1.54, 1.807) is 18.2 Å². The Morgan fingerprint density at radius 1 is 1.09 bits per heavy atom. The number of hydrogen-bond donors (Lipinski definition) is 5. The standard InChI is InChI=1S/C13H16N2O8/c14-13(21)15(6-4-2-1-3-5-6)23-12-9(18)7(16)8(17)10(22-12)11(19)20/h1-5,7-10,12,16-18H,(H2,14,21)(H,19,20)/t7-,8-,9+,10-,12?/m0/s1. The summed E-state index contributed by atoms with van der Waals surface area (Å²) < 4.78 is 4.91. The van der Waals surface area contributed by atoms with Gasteiger partial charge in [-0.1, -0.05) is 18.2 Å². The largest absolute Gasteiger partial charge is 0.479 e. The van der Waals surface area contributed by atoms with Crippen LogP contribution in [0.2, 0.25) is 0 Å². The number of primary amides is 1. The van der Waals surface area contributed by atoms with E-state index in [-0.39, 0.29) is 5.69 Å². The number of carboxylic acid groups (broad SMARTS) is 1. The predicted octanol–water partition coefficient (Wildman–Crippen LogP) is -1.60. The summed E-state index contributed by atoms with van der Waals surface area (Å²) in [7, 11) is 0. The fourth-order valence-electron chi connectivity index (χ4n) is 2.05. The minimum atomic E-state index is -1.86. The van der Waals surface area contributed by atoms with Gasteiger partial charge < -0.3 is 30.9 Å². The number of benzene rings is 1. The molecule has 6 N–H and O–H groups in total. The highest BCUT2D eigenvalue weighted by Crippen LogP contribution is 2.25. The second-order valence-corrected chi connectivity index (χ2v) is 4.81. The van der Waals surface area contributed by atoms with Crippen molar-refractivity contribution in [2.45, 2.75) is 30.7 Å². The molecule has 0 bridgehead atoms. The Morgan fingerprint density at radius 2 is 1.70 bits per heavy atom. The van der Waals surface area contributed by atoms with Gasteiger partial charge in [0.25, 0.3) is 0 Å². The number of aliphatic carboxylic acids is 1. The zero-order valence-corrected chi connectivity index (χ0v) is 11.7. The van der Waals surface area contributed by atoms with Gasteiger partial charge >= 0.3 is 12.0 Å². The molecule has 1 unspecified atom stereocenters. The van der Waals surface area contributed by atoms with Gasteiger partial charge in [0.15, 0.2) is 6.10 Å². The summed E-state index contributed by atoms with van der Waals surface area (Å²) in [6.07, 6.45) is -9.08. The molecule has 0 spiro atoms. The molecule has 1 aromatic carbocycles. The fraction of sp³-hybridized carbons (Fsp3) is 0.385. The summed E-state index contributed by atoms with van der Waals surface area (Å²) in [4.78, 5) is 27.6. The van der Waals surface area contributed by atoms with Crippen molar-refractivity contribution in [1.29, 1.82) is 0 Å². The third kappa shape index (κ3) is 3.57. The number of urea groups is 1. The molecule has 10 nitrogen and oxygen atoms in total. The van der Waals surface area contributed by atoms with E-state index in [4.69, 9.17) is 20.4 Å². The normalized spacial score (nSPS) is 30.7. The van der Waals surface area contributed by atoms with E-state index < -0.39 is 42.7 Å². The first-order valence-corrected chi connectivity index (χ1v) is 6.56. The molecule has 2 rings (SSSR count). The van der Waals surface area contributed by atoms with Crippen molar-refractivity contribution in [2.75, 3.05) is 5.06 Å². The van der Waals surface area contributed by atoms with Crippen LogP contribution in [0.4, 0.5) is 10.5 Å². The van der Waals surface area contributed by atoms with E-state index >= 15 is 0 Å². The molecule has 1 aliphatic rings. The molecule has 0 radical (unpaired) electrons. The summed E-state index contributed by atoms with van der Waals surface area (Å²) in [6, 6.07) is 6.74. The highest BCUT2D eigenvalue weighted by atomic mass is 16.8. The first-order valence-electron chi connectivity index (χ1n) is 6.56. The Morgan fingerprint density at radius 3 is 2.22 bits per heavy atom. The fourth-order valence-corrected chi connectivity index (χ4v) is 2.05. The summed E-state index contributed by atoms with van der Waals surface area (Å²) in [5, 5.41) is 38.7. The number of carbonyl (C=O) groups is 2. The maximum Gasteiger partial charge on any atom is 0.343 e. The monoisotopic (exact) mass is 328 g/mol. The zero-order valence-electron chi connectivity index (χ0n) is 11.7. The molecule has 1 saturated heterocycles. The van der Waals surface area contributed by atoms with Crippen molar-refractivity contribution < 1.29 is 39.6 Å². The summed E-state index contributed by atoms with van der Waals surface area (Å²) in [6.45, 7) is 0. The van der Waals surface area contributed by atoms with Gasteiger partial charge in [0.2, 0.25) is 6.29 Å². The Labute approximate surface area is 130 Å². The summed E-state index contributed by atoms with van der Waals surface area (Å²) in [5.74, 6) is -1.57. The molecule has 1 aromatic rings. The second kappa shape index (κ2) is 6.89. The Balaban J connectivity index is 2.21. The highest BCUT2D eigenvalue weighted by molar-refractivity contribution is 5.88. The van der Waals surface area contributed by atoms with Gasteiger partial charge in [0.1, 0.15) is 18.3 Å². The van der Waals surface area contributed by atoms with Crippen LogP contribution < -0.4 is 10.8 Å². The molecule has 1 heterocycles. The average Bonchev–Trinajstić information content (AvgIpc) is 2.52. The van der Waals surface area contributed by atoms with Crippen LogP contribution in [0, 0.1) is 0 Å². The molecule has 2 amide bonds. The minimum Gasteiger partial charge on any atom is -0.479 e. The molecular formula is C13H16N2O8. The molecule has 0 aliphatic carbocycles. The second-order valence-electron chi connectivity index (χ2n) is 4.81. The van der Waals surface area contributed by atoms with Crippen molar-refractivity contribution in [3.63, 3.8) is 0 Å². The minimum absolute atomic E-state index is 0.197. The third-order valence-electron chi connectivity index (χ3n) is 3.21. The lowest BCUT2D eigenvalue weighted by molar-refractivity contribution is -0.294. The van der Waals surface area contributed by atoms with Crippen LogP contribution in [0.25, 0.3) is 0 Å². The van der Waals surface area contributed by atoms with Crippen LogP contribution in [-0.4, -0.2) is 63.1 Å². The Bertz CT molecular complexity index is 568. The summed E-state index contributed by atoms with van der Waals surface area (Å²) in [5.41, 5.74) is 5.38. The number of nitrogens with two attached hydrogens (primary N) is 1. The number of aliphatic hydroxyl groups is 3. The molecule has 0 saturated carbocycles. The maximum absolute atomic E-state index is 11.5. The first-order chi connectivity index (χ1) is 10.8. The van der Waals surface area contributed by atoms with Crippen LogP contribution in [0.1, 0.15) is 0 Å². The highest BCUT2D eigenvalue weighted by Gasteiger charge is 2.48. The van der Waals surface area contributed by atoms with E-state index in [1.165, 1.54) is 12.1 Å². The number of nitrogens with zero attached hydrogens (tertiary/aromatic N) is 1. The number of rotatable bonds is 4. The lowest BCUT2D eigenvalue weighted by Gasteiger charge is -2.39. The van der Waals surface area contributed by atoms with E-state index in [0.717, 1.165) is 0 Å². The van der Waals surface area contributed by atoms with E-state index in [9.17, 15) is 24.9 Å². The van der Waals surface area contributed by atoms with Crippen LogP contribution >= 0.6 is 0 Å². The van der Waals surface area contributed by atoms with Crippen LogP contribution in [0.15, 0.2) is 30.3 Å². The number of para-hydroxylation sites is 1. The number of ether oxygens (including phenoxy) is 1. The van der Waals surface area contributed by atoms with Gasteiger partial charge in [-0.15, -0.1) is 0 Å².